The molecular formula is C12H18FNO. The summed E-state index contributed by atoms with van der Waals surface area (Å²) in [5.41, 5.74) is 6.17. The minimum absolute atomic E-state index is 0.0276. The van der Waals surface area contributed by atoms with Crippen LogP contribution >= 0.6 is 0 Å². The van der Waals surface area contributed by atoms with Gasteiger partial charge >= 0.3 is 0 Å². The van der Waals surface area contributed by atoms with Gasteiger partial charge in [-0.25, -0.2) is 4.39 Å². The van der Waals surface area contributed by atoms with E-state index < -0.39 is 0 Å². The number of aryl methyl sites for hydroxylation is 1. The highest BCUT2D eigenvalue weighted by Gasteiger charge is 2.08. The molecule has 0 amide bonds. The van der Waals surface area contributed by atoms with Crippen LogP contribution in [-0.2, 0) is 0 Å². The van der Waals surface area contributed by atoms with Gasteiger partial charge in [-0.2, -0.15) is 0 Å². The molecule has 0 fully saturated rings. The van der Waals surface area contributed by atoms with Gasteiger partial charge in [-0.3, -0.25) is 0 Å². The fourth-order valence-corrected chi connectivity index (χ4v) is 1.43. The SMILES string of the molecule is CCCC(CN)Oc1ccc(F)c(C)c1. The maximum absolute atomic E-state index is 13.0. The topological polar surface area (TPSA) is 35.2 Å². The zero-order valence-electron chi connectivity index (χ0n) is 9.29. The lowest BCUT2D eigenvalue weighted by molar-refractivity contribution is 0.197. The molecule has 0 saturated heterocycles. The van der Waals surface area contributed by atoms with Crippen molar-refractivity contribution in [3.63, 3.8) is 0 Å². The van der Waals surface area contributed by atoms with Crippen molar-refractivity contribution in [3.8, 4) is 5.75 Å². The lowest BCUT2D eigenvalue weighted by Gasteiger charge is -2.16. The third-order valence-corrected chi connectivity index (χ3v) is 2.31. The summed E-state index contributed by atoms with van der Waals surface area (Å²) in [4.78, 5) is 0. The third-order valence-electron chi connectivity index (χ3n) is 2.31. The quantitative estimate of drug-likeness (QED) is 0.812. The van der Waals surface area contributed by atoms with E-state index in [1.807, 2.05) is 0 Å². The molecule has 2 N–H and O–H groups in total. The Hall–Kier alpha value is -1.09. The van der Waals surface area contributed by atoms with Crippen LogP contribution in [0.25, 0.3) is 0 Å². The molecule has 0 saturated carbocycles. The van der Waals surface area contributed by atoms with Gasteiger partial charge in [0, 0.05) is 6.54 Å². The highest BCUT2D eigenvalue weighted by molar-refractivity contribution is 5.29. The molecule has 0 aliphatic carbocycles. The van der Waals surface area contributed by atoms with Crippen molar-refractivity contribution in [2.75, 3.05) is 6.54 Å². The number of benzene rings is 1. The van der Waals surface area contributed by atoms with Crippen molar-refractivity contribution in [3.05, 3.63) is 29.6 Å². The molecule has 15 heavy (non-hydrogen) atoms. The fraction of sp³-hybridized carbons (Fsp3) is 0.500. The number of nitrogens with two attached hydrogens (primary N) is 1. The zero-order valence-corrected chi connectivity index (χ0v) is 9.29. The van der Waals surface area contributed by atoms with Crippen LogP contribution in [-0.4, -0.2) is 12.6 Å². The first-order valence-corrected chi connectivity index (χ1v) is 5.30. The average Bonchev–Trinajstić information content (AvgIpc) is 2.23. The smallest absolute Gasteiger partial charge is 0.126 e. The predicted octanol–water partition coefficient (Wildman–Crippen LogP) is 2.64. The standard InChI is InChI=1S/C12H18FNO/c1-3-4-11(8-14)15-10-5-6-12(13)9(2)7-10/h5-7,11H,3-4,8,14H2,1-2H3. The Bertz CT molecular complexity index is 314. The molecule has 0 aliphatic rings. The molecule has 0 heterocycles. The second kappa shape index (κ2) is 5.71. The largest absolute Gasteiger partial charge is 0.489 e. The van der Waals surface area contributed by atoms with Gasteiger partial charge in [-0.05, 0) is 37.1 Å². The van der Waals surface area contributed by atoms with E-state index in [2.05, 4.69) is 6.92 Å². The molecule has 3 heteroatoms. The van der Waals surface area contributed by atoms with Gasteiger partial charge in [-0.15, -0.1) is 0 Å². The van der Waals surface area contributed by atoms with Crippen LogP contribution in [0.15, 0.2) is 18.2 Å². The number of hydrogen-bond donors (Lipinski definition) is 1. The van der Waals surface area contributed by atoms with E-state index in [4.69, 9.17) is 10.5 Å². The van der Waals surface area contributed by atoms with Crippen molar-refractivity contribution < 1.29 is 9.13 Å². The van der Waals surface area contributed by atoms with Crippen molar-refractivity contribution in [2.45, 2.75) is 32.8 Å². The normalized spacial score (nSPS) is 12.5. The summed E-state index contributed by atoms with van der Waals surface area (Å²) < 4.78 is 18.6. The molecule has 2 nitrogen and oxygen atoms in total. The van der Waals surface area contributed by atoms with Crippen LogP contribution in [0.3, 0.4) is 0 Å². The highest BCUT2D eigenvalue weighted by Crippen LogP contribution is 2.18. The number of ether oxygens (including phenoxy) is 1. The van der Waals surface area contributed by atoms with Crippen molar-refractivity contribution >= 4 is 0 Å². The van der Waals surface area contributed by atoms with Crippen LogP contribution in [0.4, 0.5) is 4.39 Å². The van der Waals surface area contributed by atoms with E-state index in [0.717, 1.165) is 12.8 Å². The van der Waals surface area contributed by atoms with Gasteiger partial charge < -0.3 is 10.5 Å². The van der Waals surface area contributed by atoms with Crippen LogP contribution in [0.5, 0.6) is 5.75 Å². The average molecular weight is 211 g/mol. The Kier molecular flexibility index (Phi) is 4.56. The summed E-state index contributed by atoms with van der Waals surface area (Å²) in [6.07, 6.45) is 1.98. The molecule has 1 aromatic rings. The van der Waals surface area contributed by atoms with Crippen LogP contribution in [0.1, 0.15) is 25.3 Å². The highest BCUT2D eigenvalue weighted by atomic mass is 19.1. The summed E-state index contributed by atoms with van der Waals surface area (Å²) in [6.45, 7) is 4.30. The maximum atomic E-state index is 13.0. The number of rotatable bonds is 5. The van der Waals surface area contributed by atoms with E-state index in [-0.39, 0.29) is 11.9 Å². The summed E-state index contributed by atoms with van der Waals surface area (Å²) >= 11 is 0. The second-order valence-corrected chi connectivity index (χ2v) is 3.68. The van der Waals surface area contributed by atoms with Crippen molar-refractivity contribution in [2.24, 2.45) is 5.73 Å². The van der Waals surface area contributed by atoms with Gasteiger partial charge in [0.15, 0.2) is 0 Å². The molecule has 0 aliphatic heterocycles. The first-order chi connectivity index (χ1) is 7.17. The molecule has 1 atom stereocenters. The maximum Gasteiger partial charge on any atom is 0.126 e. The Morgan fingerprint density at radius 2 is 2.20 bits per heavy atom. The zero-order chi connectivity index (χ0) is 11.3. The summed E-state index contributed by atoms with van der Waals surface area (Å²) in [5.74, 6) is 0.486. The van der Waals surface area contributed by atoms with E-state index in [1.165, 1.54) is 6.07 Å². The second-order valence-electron chi connectivity index (χ2n) is 3.68. The minimum Gasteiger partial charge on any atom is -0.489 e. The summed E-state index contributed by atoms with van der Waals surface area (Å²) in [7, 11) is 0. The van der Waals surface area contributed by atoms with E-state index in [1.54, 1.807) is 19.1 Å². The lowest BCUT2D eigenvalue weighted by Crippen LogP contribution is -2.26. The molecule has 84 valence electrons. The van der Waals surface area contributed by atoms with Gasteiger partial charge in [0.25, 0.3) is 0 Å². The molecule has 1 aromatic carbocycles. The van der Waals surface area contributed by atoms with Crippen LogP contribution < -0.4 is 10.5 Å². The molecule has 0 bridgehead atoms. The monoisotopic (exact) mass is 211 g/mol. The molecule has 0 radical (unpaired) electrons. The van der Waals surface area contributed by atoms with Gasteiger partial charge in [0.05, 0.1) is 0 Å². The molecule has 1 rings (SSSR count). The van der Waals surface area contributed by atoms with Crippen molar-refractivity contribution in [1.29, 1.82) is 0 Å². The van der Waals surface area contributed by atoms with Crippen LogP contribution in [0.2, 0.25) is 0 Å². The summed E-state index contributed by atoms with van der Waals surface area (Å²) in [5, 5.41) is 0. The van der Waals surface area contributed by atoms with Gasteiger partial charge in [0.2, 0.25) is 0 Å². The van der Waals surface area contributed by atoms with Gasteiger partial charge in [0.1, 0.15) is 17.7 Å². The Labute approximate surface area is 90.2 Å². The molecular weight excluding hydrogens is 193 g/mol. The summed E-state index contributed by atoms with van der Waals surface area (Å²) in [6, 6.07) is 4.76. The Morgan fingerprint density at radius 3 is 2.73 bits per heavy atom. The first-order valence-electron chi connectivity index (χ1n) is 5.30. The first kappa shape index (κ1) is 12.0. The number of halogens is 1. The number of hydrogen-bond acceptors (Lipinski definition) is 2. The molecule has 0 aromatic heterocycles. The predicted molar refractivity (Wildman–Crippen MR) is 59.5 cm³/mol. The van der Waals surface area contributed by atoms with Crippen LogP contribution in [0, 0.1) is 12.7 Å². The lowest BCUT2D eigenvalue weighted by atomic mass is 10.2. The van der Waals surface area contributed by atoms with E-state index >= 15 is 0 Å². The third kappa shape index (κ3) is 3.51. The Morgan fingerprint density at radius 1 is 1.47 bits per heavy atom. The molecule has 0 spiro atoms. The molecule has 1 unspecified atom stereocenters. The fourth-order valence-electron chi connectivity index (χ4n) is 1.43. The van der Waals surface area contributed by atoms with E-state index in [9.17, 15) is 4.39 Å². The van der Waals surface area contributed by atoms with Gasteiger partial charge in [-0.1, -0.05) is 13.3 Å². The van der Waals surface area contributed by atoms with Crippen molar-refractivity contribution in [1.82, 2.24) is 0 Å². The minimum atomic E-state index is -0.206. The Balaban J connectivity index is 2.66. The van der Waals surface area contributed by atoms with E-state index in [0.29, 0.717) is 17.9 Å².